The molecule has 0 saturated carbocycles. The Morgan fingerprint density at radius 1 is 0.889 bits per heavy atom. The van der Waals surface area contributed by atoms with Gasteiger partial charge in [0, 0.05) is 22.8 Å². The van der Waals surface area contributed by atoms with Crippen LogP contribution in [0.15, 0.2) is 66.0 Å². The highest BCUT2D eigenvalue weighted by atomic mass is 35.5. The van der Waals surface area contributed by atoms with E-state index in [2.05, 4.69) is 10.6 Å². The summed E-state index contributed by atoms with van der Waals surface area (Å²) in [6.45, 7) is 0. The number of hydrogen-bond acceptors (Lipinski definition) is 3. The monoisotopic (exact) mass is 398 g/mol. The summed E-state index contributed by atoms with van der Waals surface area (Å²) in [5, 5.41) is 8.28. The van der Waals surface area contributed by atoms with Crippen molar-refractivity contribution < 1.29 is 9.59 Å². The van der Waals surface area contributed by atoms with Gasteiger partial charge < -0.3 is 10.6 Å². The van der Waals surface area contributed by atoms with Gasteiger partial charge in [0.1, 0.15) is 0 Å². The molecule has 6 heteroatoms. The van der Waals surface area contributed by atoms with Crippen LogP contribution in [0.5, 0.6) is 0 Å². The van der Waals surface area contributed by atoms with Gasteiger partial charge in [-0.2, -0.15) is 0 Å². The number of aryl methyl sites for hydroxylation is 1. The van der Waals surface area contributed by atoms with Gasteiger partial charge in [0.2, 0.25) is 5.91 Å². The molecule has 27 heavy (non-hydrogen) atoms. The maximum atomic E-state index is 12.1. The molecule has 0 saturated heterocycles. The van der Waals surface area contributed by atoms with Crippen molar-refractivity contribution in [3.05, 3.63) is 81.5 Å². The minimum absolute atomic E-state index is 0.0284. The van der Waals surface area contributed by atoms with Gasteiger partial charge >= 0.3 is 0 Å². The van der Waals surface area contributed by atoms with Gasteiger partial charge in [-0.1, -0.05) is 29.8 Å². The number of nitrogens with one attached hydrogen (secondary N) is 2. The Labute approximate surface area is 167 Å². The average molecular weight is 399 g/mol. The van der Waals surface area contributed by atoms with Gasteiger partial charge in [0.25, 0.3) is 5.91 Å². The van der Waals surface area contributed by atoms with E-state index in [1.807, 2.05) is 35.7 Å². The molecule has 2 N–H and O–H groups in total. The van der Waals surface area contributed by atoms with Gasteiger partial charge in [0.15, 0.2) is 0 Å². The average Bonchev–Trinajstić information content (AvgIpc) is 3.20. The molecular formula is C21H19ClN2O2S. The summed E-state index contributed by atoms with van der Waals surface area (Å²) in [5.41, 5.74) is 2.56. The molecule has 0 bridgehead atoms. The fraction of sp³-hybridized carbons (Fsp3) is 0.143. The van der Waals surface area contributed by atoms with E-state index < -0.39 is 0 Å². The lowest BCUT2D eigenvalue weighted by Gasteiger charge is -2.08. The first-order valence-corrected chi connectivity index (χ1v) is 9.85. The number of benzene rings is 2. The second kappa shape index (κ2) is 9.35. The molecule has 0 spiro atoms. The number of amides is 2. The standard InChI is InChI=1S/C21H19ClN2O2S/c22-16-8-6-15(7-9-16)3-1-5-20(25)23-17-10-12-18(13-11-17)24-21(26)19-4-2-14-27-19/h2,4,6-14H,1,3,5H2,(H,23,25)(H,24,26). The third kappa shape index (κ3) is 5.94. The number of rotatable bonds is 7. The summed E-state index contributed by atoms with van der Waals surface area (Å²) in [6, 6.07) is 18.4. The molecule has 0 radical (unpaired) electrons. The van der Waals surface area contributed by atoms with Gasteiger partial charge in [0.05, 0.1) is 4.88 Å². The van der Waals surface area contributed by atoms with Crippen LogP contribution in [0.2, 0.25) is 5.02 Å². The summed E-state index contributed by atoms with van der Waals surface area (Å²) >= 11 is 7.26. The van der Waals surface area contributed by atoms with E-state index in [1.165, 1.54) is 11.3 Å². The molecule has 0 aliphatic rings. The smallest absolute Gasteiger partial charge is 0.265 e. The van der Waals surface area contributed by atoms with E-state index in [0.717, 1.165) is 18.4 Å². The highest BCUT2D eigenvalue weighted by molar-refractivity contribution is 7.12. The van der Waals surface area contributed by atoms with Crippen LogP contribution >= 0.6 is 22.9 Å². The van der Waals surface area contributed by atoms with Crippen LogP contribution in [0.25, 0.3) is 0 Å². The minimum Gasteiger partial charge on any atom is -0.326 e. The molecule has 138 valence electrons. The quantitative estimate of drug-likeness (QED) is 0.543. The van der Waals surface area contributed by atoms with Crippen LogP contribution < -0.4 is 10.6 Å². The van der Waals surface area contributed by atoms with Crippen LogP contribution in [0.1, 0.15) is 28.1 Å². The van der Waals surface area contributed by atoms with Crippen molar-refractivity contribution in [3.8, 4) is 0 Å². The van der Waals surface area contributed by atoms with Crippen molar-refractivity contribution in [1.29, 1.82) is 0 Å². The third-order valence-corrected chi connectivity index (χ3v) is 5.07. The third-order valence-electron chi connectivity index (χ3n) is 3.95. The molecule has 3 aromatic rings. The number of carbonyl (C=O) groups is 2. The highest BCUT2D eigenvalue weighted by Gasteiger charge is 2.07. The zero-order valence-corrected chi connectivity index (χ0v) is 16.1. The molecule has 0 aliphatic carbocycles. The molecular weight excluding hydrogens is 380 g/mol. The van der Waals surface area contributed by atoms with Gasteiger partial charge in [-0.15, -0.1) is 11.3 Å². The van der Waals surface area contributed by atoms with E-state index in [9.17, 15) is 9.59 Å². The zero-order chi connectivity index (χ0) is 19.1. The Kier molecular flexibility index (Phi) is 6.63. The first kappa shape index (κ1) is 19.1. The van der Waals surface area contributed by atoms with Crippen LogP contribution in [0.3, 0.4) is 0 Å². The SMILES string of the molecule is O=C(CCCc1ccc(Cl)cc1)Nc1ccc(NC(=O)c2cccs2)cc1. The van der Waals surface area contributed by atoms with Gasteiger partial charge in [-0.3, -0.25) is 9.59 Å². The molecule has 1 heterocycles. The Morgan fingerprint density at radius 3 is 2.19 bits per heavy atom. The minimum atomic E-state index is -0.135. The largest absolute Gasteiger partial charge is 0.326 e. The van der Waals surface area contributed by atoms with Gasteiger partial charge in [-0.05, 0) is 66.2 Å². The predicted octanol–water partition coefficient (Wildman–Crippen LogP) is 5.62. The normalized spacial score (nSPS) is 10.4. The molecule has 1 aromatic heterocycles. The molecule has 4 nitrogen and oxygen atoms in total. The molecule has 2 aromatic carbocycles. The van der Waals surface area contributed by atoms with Crippen LogP contribution in [-0.2, 0) is 11.2 Å². The second-order valence-corrected chi connectivity index (χ2v) is 7.42. The van der Waals surface area contributed by atoms with Crippen molar-refractivity contribution in [3.63, 3.8) is 0 Å². The molecule has 0 aliphatic heterocycles. The lowest BCUT2D eigenvalue weighted by Crippen LogP contribution is -2.12. The lowest BCUT2D eigenvalue weighted by molar-refractivity contribution is -0.116. The summed E-state index contributed by atoms with van der Waals surface area (Å²) in [6.07, 6.45) is 2.04. The van der Waals surface area contributed by atoms with E-state index in [0.29, 0.717) is 27.7 Å². The lowest BCUT2D eigenvalue weighted by atomic mass is 10.1. The Hall–Kier alpha value is -2.63. The molecule has 0 atom stereocenters. The predicted molar refractivity (Wildman–Crippen MR) is 112 cm³/mol. The first-order chi connectivity index (χ1) is 13.1. The van der Waals surface area contributed by atoms with E-state index in [4.69, 9.17) is 11.6 Å². The molecule has 2 amide bonds. The highest BCUT2D eigenvalue weighted by Crippen LogP contribution is 2.17. The number of thiophene rings is 1. The maximum absolute atomic E-state index is 12.1. The van der Waals surface area contributed by atoms with Crippen LogP contribution in [-0.4, -0.2) is 11.8 Å². The number of carbonyl (C=O) groups excluding carboxylic acids is 2. The van der Waals surface area contributed by atoms with Crippen LogP contribution in [0, 0.1) is 0 Å². The molecule has 3 rings (SSSR count). The van der Waals surface area contributed by atoms with E-state index in [1.54, 1.807) is 30.3 Å². The Morgan fingerprint density at radius 2 is 1.56 bits per heavy atom. The van der Waals surface area contributed by atoms with Crippen molar-refractivity contribution in [2.45, 2.75) is 19.3 Å². The molecule has 0 unspecified atom stereocenters. The fourth-order valence-corrected chi connectivity index (χ4v) is 3.31. The second-order valence-electron chi connectivity index (χ2n) is 6.04. The van der Waals surface area contributed by atoms with E-state index >= 15 is 0 Å². The summed E-state index contributed by atoms with van der Waals surface area (Å²) in [5.74, 6) is -0.164. The van der Waals surface area contributed by atoms with Crippen LogP contribution in [0.4, 0.5) is 11.4 Å². The first-order valence-electron chi connectivity index (χ1n) is 8.59. The van der Waals surface area contributed by atoms with Crippen molar-refractivity contribution in [1.82, 2.24) is 0 Å². The number of hydrogen-bond donors (Lipinski definition) is 2. The van der Waals surface area contributed by atoms with Gasteiger partial charge in [-0.25, -0.2) is 0 Å². The van der Waals surface area contributed by atoms with Crippen molar-refractivity contribution in [2.24, 2.45) is 0 Å². The fourth-order valence-electron chi connectivity index (χ4n) is 2.56. The summed E-state index contributed by atoms with van der Waals surface area (Å²) < 4.78 is 0. The topological polar surface area (TPSA) is 58.2 Å². The Bertz CT molecular complexity index is 891. The summed E-state index contributed by atoms with van der Waals surface area (Å²) in [4.78, 5) is 24.7. The number of halogens is 1. The maximum Gasteiger partial charge on any atom is 0.265 e. The van der Waals surface area contributed by atoms with Crippen molar-refractivity contribution >= 4 is 46.1 Å². The molecule has 0 fully saturated rings. The number of anilines is 2. The van der Waals surface area contributed by atoms with Crippen molar-refractivity contribution in [2.75, 3.05) is 10.6 Å². The zero-order valence-electron chi connectivity index (χ0n) is 14.6. The Balaban J connectivity index is 1.44. The van der Waals surface area contributed by atoms with E-state index in [-0.39, 0.29) is 11.8 Å². The summed E-state index contributed by atoms with van der Waals surface area (Å²) in [7, 11) is 0.